The summed E-state index contributed by atoms with van der Waals surface area (Å²) in [5, 5.41) is 0. The maximum atomic E-state index is 5.70. The predicted octanol–water partition coefficient (Wildman–Crippen LogP) is 2.91. The van der Waals surface area contributed by atoms with Gasteiger partial charge in [0.15, 0.2) is 11.5 Å². The topological polar surface area (TPSA) is 21.7 Å². The third-order valence-electron chi connectivity index (χ3n) is 2.80. The quantitative estimate of drug-likeness (QED) is 0.773. The van der Waals surface area contributed by atoms with E-state index >= 15 is 0 Å². The van der Waals surface area contributed by atoms with Crippen molar-refractivity contribution in [2.45, 2.75) is 12.8 Å². The molecule has 0 spiro atoms. The molecular formula is C13H18ClNO2. The Morgan fingerprint density at radius 3 is 2.76 bits per heavy atom. The molecule has 0 saturated heterocycles. The molecule has 1 aromatic rings. The van der Waals surface area contributed by atoms with Crippen LogP contribution in [0.1, 0.15) is 12.8 Å². The van der Waals surface area contributed by atoms with E-state index in [1.54, 1.807) is 0 Å². The average Bonchev–Trinajstić information content (AvgIpc) is 2.60. The van der Waals surface area contributed by atoms with E-state index in [-0.39, 0.29) is 0 Å². The van der Waals surface area contributed by atoms with Crippen LogP contribution in [0.4, 0.5) is 5.69 Å². The highest BCUT2D eigenvalue weighted by Gasteiger charge is 2.11. The highest BCUT2D eigenvalue weighted by Crippen LogP contribution is 2.33. The second kappa shape index (κ2) is 6.01. The lowest BCUT2D eigenvalue weighted by atomic mass is 10.2. The molecule has 0 saturated carbocycles. The summed E-state index contributed by atoms with van der Waals surface area (Å²) in [6, 6.07) is 6.07. The zero-order chi connectivity index (χ0) is 12.1. The molecule has 0 unspecified atom stereocenters. The lowest BCUT2D eigenvalue weighted by Crippen LogP contribution is -2.18. The Morgan fingerprint density at radius 1 is 1.24 bits per heavy atom. The van der Waals surface area contributed by atoms with Crippen molar-refractivity contribution in [3.63, 3.8) is 0 Å². The largest absolute Gasteiger partial charge is 0.490 e. The van der Waals surface area contributed by atoms with Crippen molar-refractivity contribution < 1.29 is 9.47 Å². The molecule has 2 rings (SSSR count). The first-order valence-corrected chi connectivity index (χ1v) is 6.51. The SMILES string of the molecule is CN(CCCCl)c1ccc2c(c1)OCCCO2. The molecule has 0 aromatic heterocycles. The van der Waals surface area contributed by atoms with Gasteiger partial charge in [-0.05, 0) is 18.6 Å². The Labute approximate surface area is 107 Å². The van der Waals surface area contributed by atoms with Gasteiger partial charge in [0.25, 0.3) is 0 Å². The summed E-state index contributed by atoms with van der Waals surface area (Å²) in [5.74, 6) is 2.38. The van der Waals surface area contributed by atoms with Crippen molar-refractivity contribution in [3.05, 3.63) is 18.2 Å². The molecule has 0 atom stereocenters. The Balaban J connectivity index is 2.11. The van der Waals surface area contributed by atoms with E-state index in [4.69, 9.17) is 21.1 Å². The summed E-state index contributed by atoms with van der Waals surface area (Å²) in [6.45, 7) is 2.40. The Bertz CT molecular complexity index is 370. The van der Waals surface area contributed by atoms with Gasteiger partial charge in [0.05, 0.1) is 13.2 Å². The van der Waals surface area contributed by atoms with E-state index < -0.39 is 0 Å². The van der Waals surface area contributed by atoms with Crippen molar-refractivity contribution in [3.8, 4) is 11.5 Å². The van der Waals surface area contributed by atoms with Crippen molar-refractivity contribution >= 4 is 17.3 Å². The van der Waals surface area contributed by atoms with Crippen molar-refractivity contribution in [2.24, 2.45) is 0 Å². The number of fused-ring (bicyclic) bond motifs is 1. The minimum absolute atomic E-state index is 0.689. The summed E-state index contributed by atoms with van der Waals surface area (Å²) in [5.41, 5.74) is 1.14. The summed E-state index contributed by atoms with van der Waals surface area (Å²) in [4.78, 5) is 2.18. The molecule has 0 aliphatic carbocycles. The highest BCUT2D eigenvalue weighted by molar-refractivity contribution is 6.17. The zero-order valence-electron chi connectivity index (χ0n) is 10.1. The summed E-state index contributed by atoms with van der Waals surface area (Å²) in [7, 11) is 2.06. The smallest absolute Gasteiger partial charge is 0.163 e. The number of nitrogens with zero attached hydrogens (tertiary/aromatic N) is 1. The lowest BCUT2D eigenvalue weighted by Gasteiger charge is -2.20. The van der Waals surface area contributed by atoms with Crippen LogP contribution in [0.3, 0.4) is 0 Å². The molecule has 1 aliphatic heterocycles. The van der Waals surface area contributed by atoms with Crippen molar-refractivity contribution in [1.29, 1.82) is 0 Å². The maximum absolute atomic E-state index is 5.70. The molecule has 1 aliphatic rings. The zero-order valence-corrected chi connectivity index (χ0v) is 10.9. The van der Waals surface area contributed by atoms with E-state index in [0.717, 1.165) is 49.8 Å². The number of rotatable bonds is 4. The summed E-state index contributed by atoms with van der Waals surface area (Å²) < 4.78 is 11.3. The van der Waals surface area contributed by atoms with Crippen molar-refractivity contribution in [1.82, 2.24) is 0 Å². The molecule has 0 amide bonds. The minimum atomic E-state index is 0.689. The molecule has 94 valence electrons. The fraction of sp³-hybridized carbons (Fsp3) is 0.538. The average molecular weight is 256 g/mol. The number of alkyl halides is 1. The number of hydrogen-bond acceptors (Lipinski definition) is 3. The number of benzene rings is 1. The molecule has 0 N–H and O–H groups in total. The molecule has 4 heteroatoms. The molecule has 3 nitrogen and oxygen atoms in total. The third-order valence-corrected chi connectivity index (χ3v) is 3.07. The minimum Gasteiger partial charge on any atom is -0.490 e. The van der Waals surface area contributed by atoms with Gasteiger partial charge in [-0.3, -0.25) is 0 Å². The van der Waals surface area contributed by atoms with Crippen LogP contribution in [0.5, 0.6) is 11.5 Å². The van der Waals surface area contributed by atoms with E-state index in [0.29, 0.717) is 5.88 Å². The second-order valence-corrected chi connectivity index (χ2v) is 4.52. The van der Waals surface area contributed by atoms with Crippen LogP contribution in [0.2, 0.25) is 0 Å². The number of hydrogen-bond donors (Lipinski definition) is 0. The fourth-order valence-corrected chi connectivity index (χ4v) is 1.93. The Hall–Kier alpha value is -1.09. The van der Waals surface area contributed by atoms with E-state index in [9.17, 15) is 0 Å². The first kappa shape index (κ1) is 12.4. The highest BCUT2D eigenvalue weighted by atomic mass is 35.5. The number of halogens is 1. The Kier molecular flexibility index (Phi) is 4.37. The van der Waals surface area contributed by atoms with Crippen LogP contribution < -0.4 is 14.4 Å². The Morgan fingerprint density at radius 2 is 2.00 bits per heavy atom. The van der Waals surface area contributed by atoms with E-state index in [1.807, 2.05) is 12.1 Å². The first-order chi connectivity index (χ1) is 8.31. The van der Waals surface area contributed by atoms with Crippen LogP contribution >= 0.6 is 11.6 Å². The van der Waals surface area contributed by atoms with Gasteiger partial charge < -0.3 is 14.4 Å². The van der Waals surface area contributed by atoms with Crippen LogP contribution in [0, 0.1) is 0 Å². The standard InChI is InChI=1S/C13H18ClNO2/c1-15(7-2-6-14)11-4-5-12-13(10-11)17-9-3-8-16-12/h4-5,10H,2-3,6-9H2,1H3. The predicted molar refractivity (Wildman–Crippen MR) is 70.7 cm³/mol. The molecule has 0 fully saturated rings. The first-order valence-electron chi connectivity index (χ1n) is 5.98. The van der Waals surface area contributed by atoms with Gasteiger partial charge in [0.1, 0.15) is 0 Å². The maximum Gasteiger partial charge on any atom is 0.163 e. The normalized spacial score (nSPS) is 14.2. The van der Waals surface area contributed by atoms with Crippen LogP contribution in [-0.4, -0.2) is 32.7 Å². The monoisotopic (exact) mass is 255 g/mol. The van der Waals surface area contributed by atoms with Crippen LogP contribution in [0.15, 0.2) is 18.2 Å². The van der Waals surface area contributed by atoms with Gasteiger partial charge in [-0.1, -0.05) is 0 Å². The van der Waals surface area contributed by atoms with Crippen LogP contribution in [-0.2, 0) is 0 Å². The molecule has 1 heterocycles. The van der Waals surface area contributed by atoms with Gasteiger partial charge in [-0.25, -0.2) is 0 Å². The van der Waals surface area contributed by atoms with Gasteiger partial charge in [0.2, 0.25) is 0 Å². The fourth-order valence-electron chi connectivity index (χ4n) is 1.82. The van der Waals surface area contributed by atoms with Gasteiger partial charge in [-0.15, -0.1) is 11.6 Å². The van der Waals surface area contributed by atoms with Gasteiger partial charge in [-0.2, -0.15) is 0 Å². The van der Waals surface area contributed by atoms with Gasteiger partial charge >= 0.3 is 0 Å². The second-order valence-electron chi connectivity index (χ2n) is 4.15. The number of anilines is 1. The lowest BCUT2D eigenvalue weighted by molar-refractivity contribution is 0.297. The third kappa shape index (κ3) is 3.19. The summed E-state index contributed by atoms with van der Waals surface area (Å²) >= 11 is 5.70. The van der Waals surface area contributed by atoms with Crippen LogP contribution in [0.25, 0.3) is 0 Å². The molecule has 17 heavy (non-hydrogen) atoms. The molecule has 0 bridgehead atoms. The molecule has 1 aromatic carbocycles. The van der Waals surface area contributed by atoms with Crippen molar-refractivity contribution in [2.75, 3.05) is 37.6 Å². The number of ether oxygens (including phenoxy) is 2. The molecular weight excluding hydrogens is 238 g/mol. The van der Waals surface area contributed by atoms with E-state index in [2.05, 4.69) is 18.0 Å². The van der Waals surface area contributed by atoms with E-state index in [1.165, 1.54) is 0 Å². The summed E-state index contributed by atoms with van der Waals surface area (Å²) in [6.07, 6.45) is 1.92. The van der Waals surface area contributed by atoms with Gasteiger partial charge in [0, 0.05) is 37.6 Å². The molecule has 0 radical (unpaired) electrons.